The van der Waals surface area contributed by atoms with Gasteiger partial charge in [0.15, 0.2) is 0 Å². The normalized spacial score (nSPS) is 11.1. The third-order valence-electron chi connectivity index (χ3n) is 2.99. The molecule has 0 radical (unpaired) electrons. The zero-order valence-corrected chi connectivity index (χ0v) is 11.9. The molecule has 2 rings (SSSR count). The second-order valence-corrected chi connectivity index (χ2v) is 4.53. The minimum Gasteiger partial charge on any atom is -0.271 e. The van der Waals surface area contributed by atoms with E-state index in [1.165, 1.54) is 30.3 Å². The molecule has 0 atom stereocenters. The molecule has 2 aromatic rings. The summed E-state index contributed by atoms with van der Waals surface area (Å²) >= 11 is 0. The van der Waals surface area contributed by atoms with Gasteiger partial charge in [-0.1, -0.05) is 12.1 Å². The van der Waals surface area contributed by atoms with Crippen molar-refractivity contribution in [3.63, 3.8) is 0 Å². The highest BCUT2D eigenvalue weighted by atomic mass is 19.1. The van der Waals surface area contributed by atoms with E-state index in [0.29, 0.717) is 11.3 Å². The van der Waals surface area contributed by atoms with Gasteiger partial charge in [-0.25, -0.2) is 4.39 Å². The lowest BCUT2D eigenvalue weighted by Crippen LogP contribution is -2.02. The summed E-state index contributed by atoms with van der Waals surface area (Å²) in [7, 11) is 0. The average molecular weight is 318 g/mol. The largest absolute Gasteiger partial charge is 0.301 e. The topological polar surface area (TPSA) is 111 Å². The number of non-ortho nitro benzene ring substituents is 1. The number of rotatable bonds is 5. The summed E-state index contributed by atoms with van der Waals surface area (Å²) in [6.07, 6.45) is 0. The van der Waals surface area contributed by atoms with Crippen LogP contribution in [0.2, 0.25) is 0 Å². The molecule has 0 aliphatic rings. The van der Waals surface area contributed by atoms with E-state index >= 15 is 0 Å². The van der Waals surface area contributed by atoms with Gasteiger partial charge >= 0.3 is 5.69 Å². The van der Waals surface area contributed by atoms with Crippen LogP contribution in [0.3, 0.4) is 0 Å². The van der Waals surface area contributed by atoms with Crippen molar-refractivity contribution in [2.24, 2.45) is 5.10 Å². The maximum Gasteiger partial charge on any atom is 0.301 e. The molecule has 9 heteroatoms. The Kier molecular flexibility index (Phi) is 4.60. The van der Waals surface area contributed by atoms with Crippen LogP contribution >= 0.6 is 0 Å². The van der Waals surface area contributed by atoms with Gasteiger partial charge in [0, 0.05) is 6.07 Å². The molecular formula is C14H11FN4O4. The average Bonchev–Trinajstić information content (AvgIpc) is 2.52. The zero-order valence-electron chi connectivity index (χ0n) is 11.9. The Balaban J connectivity index is 2.28. The Morgan fingerprint density at radius 1 is 1.09 bits per heavy atom. The first-order chi connectivity index (χ1) is 10.9. The molecule has 0 saturated heterocycles. The molecule has 0 fully saturated rings. The molecule has 0 bridgehead atoms. The minimum atomic E-state index is -0.738. The molecule has 0 amide bonds. The van der Waals surface area contributed by atoms with E-state index in [9.17, 15) is 24.6 Å². The predicted molar refractivity (Wildman–Crippen MR) is 82.0 cm³/mol. The van der Waals surface area contributed by atoms with Crippen LogP contribution in [0.4, 0.5) is 21.5 Å². The van der Waals surface area contributed by atoms with Crippen molar-refractivity contribution < 1.29 is 14.2 Å². The van der Waals surface area contributed by atoms with Crippen molar-refractivity contribution in [1.82, 2.24) is 0 Å². The number of anilines is 1. The summed E-state index contributed by atoms with van der Waals surface area (Å²) in [6.45, 7) is 1.64. The first-order valence-corrected chi connectivity index (χ1v) is 6.37. The number of nitro benzene ring substituents is 2. The number of nitrogens with zero attached hydrogens (tertiary/aromatic N) is 3. The van der Waals surface area contributed by atoms with Crippen LogP contribution in [0.15, 0.2) is 47.6 Å². The smallest absolute Gasteiger partial charge is 0.271 e. The Morgan fingerprint density at radius 3 is 2.30 bits per heavy atom. The lowest BCUT2D eigenvalue weighted by atomic mass is 10.1. The SMILES string of the molecule is C/C(=N\Nc1ccc([N+](=O)[O-])cc1[N+](=O)[O-])c1ccc(F)cc1. The van der Waals surface area contributed by atoms with Crippen LogP contribution in [0.25, 0.3) is 0 Å². The molecule has 0 unspecified atom stereocenters. The first kappa shape index (κ1) is 16.0. The number of nitro groups is 2. The Bertz CT molecular complexity index is 790. The number of hydrazone groups is 1. The standard InChI is InChI=1S/C14H11FN4O4/c1-9(10-2-4-11(15)5-3-10)16-17-13-7-6-12(18(20)21)8-14(13)19(22)23/h2-8,17H,1H3/b16-9+. The van der Waals surface area contributed by atoms with Crippen LogP contribution in [-0.2, 0) is 0 Å². The summed E-state index contributed by atoms with van der Waals surface area (Å²) < 4.78 is 12.9. The molecule has 23 heavy (non-hydrogen) atoms. The maximum absolute atomic E-state index is 12.9. The monoisotopic (exact) mass is 318 g/mol. The molecular weight excluding hydrogens is 307 g/mol. The van der Waals surface area contributed by atoms with Crippen LogP contribution in [0.5, 0.6) is 0 Å². The molecule has 8 nitrogen and oxygen atoms in total. The highest BCUT2D eigenvalue weighted by Gasteiger charge is 2.19. The van der Waals surface area contributed by atoms with E-state index < -0.39 is 15.5 Å². The Labute approximate surface area is 129 Å². The second kappa shape index (κ2) is 6.60. The van der Waals surface area contributed by atoms with Crippen molar-refractivity contribution in [2.45, 2.75) is 6.92 Å². The molecule has 0 aliphatic carbocycles. The lowest BCUT2D eigenvalue weighted by Gasteiger charge is -2.04. The minimum absolute atomic E-state index is 0.0158. The van der Waals surface area contributed by atoms with Gasteiger partial charge in [-0.2, -0.15) is 5.10 Å². The fourth-order valence-corrected chi connectivity index (χ4v) is 1.78. The van der Waals surface area contributed by atoms with E-state index in [1.807, 2.05) is 0 Å². The third-order valence-corrected chi connectivity index (χ3v) is 2.99. The lowest BCUT2D eigenvalue weighted by molar-refractivity contribution is -0.393. The van der Waals surface area contributed by atoms with Crippen molar-refractivity contribution in [2.75, 3.05) is 5.43 Å². The van der Waals surface area contributed by atoms with Crippen LogP contribution in [0.1, 0.15) is 12.5 Å². The number of benzene rings is 2. The number of hydrogen-bond donors (Lipinski definition) is 1. The van der Waals surface area contributed by atoms with Crippen LogP contribution in [-0.4, -0.2) is 15.6 Å². The van der Waals surface area contributed by atoms with Gasteiger partial charge < -0.3 is 0 Å². The molecule has 0 saturated carbocycles. The van der Waals surface area contributed by atoms with Crippen molar-refractivity contribution in [3.05, 3.63) is 74.1 Å². The van der Waals surface area contributed by atoms with Crippen LogP contribution in [0, 0.1) is 26.0 Å². The zero-order chi connectivity index (χ0) is 17.0. The van der Waals surface area contributed by atoms with Crippen molar-refractivity contribution in [3.8, 4) is 0 Å². The Morgan fingerprint density at radius 2 is 1.74 bits per heavy atom. The third kappa shape index (κ3) is 3.84. The van der Waals surface area contributed by atoms with Gasteiger partial charge in [-0.3, -0.25) is 25.7 Å². The fraction of sp³-hybridized carbons (Fsp3) is 0.0714. The maximum atomic E-state index is 12.9. The van der Waals surface area contributed by atoms with E-state index in [0.717, 1.165) is 12.1 Å². The molecule has 0 heterocycles. The van der Waals surface area contributed by atoms with Gasteiger partial charge in [-0.15, -0.1) is 0 Å². The predicted octanol–water partition coefficient (Wildman–Crippen LogP) is 3.48. The number of nitrogens with one attached hydrogen (secondary N) is 1. The van der Waals surface area contributed by atoms with Crippen LogP contribution < -0.4 is 5.43 Å². The summed E-state index contributed by atoms with van der Waals surface area (Å²) in [5.41, 5.74) is 2.77. The first-order valence-electron chi connectivity index (χ1n) is 6.37. The van der Waals surface area contributed by atoms with Gasteiger partial charge in [0.1, 0.15) is 11.5 Å². The Hall–Kier alpha value is -3.36. The molecule has 0 aliphatic heterocycles. The summed E-state index contributed by atoms with van der Waals surface area (Å²) in [6, 6.07) is 8.76. The second-order valence-electron chi connectivity index (χ2n) is 4.53. The number of hydrogen-bond acceptors (Lipinski definition) is 6. The molecule has 2 aromatic carbocycles. The molecule has 1 N–H and O–H groups in total. The van der Waals surface area contributed by atoms with E-state index in [1.54, 1.807) is 6.92 Å². The van der Waals surface area contributed by atoms with Crippen molar-refractivity contribution >= 4 is 22.8 Å². The number of halogens is 1. The van der Waals surface area contributed by atoms with Crippen molar-refractivity contribution in [1.29, 1.82) is 0 Å². The van der Waals surface area contributed by atoms with Gasteiger partial charge in [0.05, 0.1) is 21.6 Å². The van der Waals surface area contributed by atoms with Gasteiger partial charge in [0.2, 0.25) is 0 Å². The summed E-state index contributed by atoms with van der Waals surface area (Å²) in [4.78, 5) is 20.2. The van der Waals surface area contributed by atoms with Gasteiger partial charge in [0.25, 0.3) is 5.69 Å². The molecule has 0 aromatic heterocycles. The van der Waals surface area contributed by atoms with E-state index in [-0.39, 0.29) is 17.2 Å². The highest BCUT2D eigenvalue weighted by Crippen LogP contribution is 2.28. The fourth-order valence-electron chi connectivity index (χ4n) is 1.78. The quantitative estimate of drug-likeness (QED) is 0.515. The van der Waals surface area contributed by atoms with E-state index in [2.05, 4.69) is 10.5 Å². The summed E-state index contributed by atoms with van der Waals surface area (Å²) in [5, 5.41) is 25.7. The molecule has 0 spiro atoms. The van der Waals surface area contributed by atoms with Gasteiger partial charge in [-0.05, 0) is 30.7 Å². The molecule has 118 valence electrons. The van der Waals surface area contributed by atoms with E-state index in [4.69, 9.17) is 0 Å². The summed E-state index contributed by atoms with van der Waals surface area (Å²) in [5.74, 6) is -0.388. The highest BCUT2D eigenvalue weighted by molar-refractivity contribution is 5.99.